The lowest BCUT2D eigenvalue weighted by molar-refractivity contribution is -0.130. The summed E-state index contributed by atoms with van der Waals surface area (Å²) in [5.74, 6) is -0.00176. The number of aliphatic hydroxyl groups is 1. The summed E-state index contributed by atoms with van der Waals surface area (Å²) in [7, 11) is 0. The monoisotopic (exact) mass is 348 g/mol. The van der Waals surface area contributed by atoms with Crippen molar-refractivity contribution in [2.45, 2.75) is 38.0 Å². The number of β-amino-alcohol motifs (C(OH)–C–C–N with tert-alkyl or cyclic N) is 1. The van der Waals surface area contributed by atoms with Gasteiger partial charge in [0, 0.05) is 32.8 Å². The highest BCUT2D eigenvalue weighted by atomic mass is 16.5. The molecule has 2 N–H and O–H groups in total. The van der Waals surface area contributed by atoms with Crippen molar-refractivity contribution in [2.75, 3.05) is 39.5 Å². The fourth-order valence-corrected chi connectivity index (χ4v) is 3.56. The van der Waals surface area contributed by atoms with E-state index in [-0.39, 0.29) is 18.1 Å². The lowest BCUT2D eigenvalue weighted by Crippen LogP contribution is -2.52. The van der Waals surface area contributed by atoms with Crippen LogP contribution in [0, 0.1) is 6.92 Å². The summed E-state index contributed by atoms with van der Waals surface area (Å²) in [6.45, 7) is 5.51. The van der Waals surface area contributed by atoms with Crippen molar-refractivity contribution in [1.29, 1.82) is 0 Å². The Kier molecular flexibility index (Phi) is 6.42. The van der Waals surface area contributed by atoms with Gasteiger partial charge in [0.15, 0.2) is 0 Å². The first-order valence-electron chi connectivity index (χ1n) is 9.10. The number of benzene rings is 1. The zero-order chi connectivity index (χ0) is 17.6. The van der Waals surface area contributed by atoms with Gasteiger partial charge in [-0.25, -0.2) is 0 Å². The Morgan fingerprint density at radius 3 is 2.88 bits per heavy atom. The number of nitrogens with one attached hydrogen (secondary N) is 1. The molecule has 2 saturated heterocycles. The third kappa shape index (κ3) is 4.79. The second-order valence-corrected chi connectivity index (χ2v) is 6.84. The number of amides is 1. The summed E-state index contributed by atoms with van der Waals surface area (Å²) in [4.78, 5) is 14.5. The maximum absolute atomic E-state index is 12.5. The van der Waals surface area contributed by atoms with Crippen molar-refractivity contribution >= 4 is 5.91 Å². The van der Waals surface area contributed by atoms with Crippen LogP contribution in [0.4, 0.5) is 0 Å². The van der Waals surface area contributed by atoms with Gasteiger partial charge in [-0.2, -0.15) is 0 Å². The summed E-state index contributed by atoms with van der Waals surface area (Å²) < 4.78 is 11.1. The number of nitrogens with zero attached hydrogens (tertiary/aromatic N) is 1. The number of carbonyl (C=O) groups excluding carboxylic acids is 1. The largest absolute Gasteiger partial charge is 0.389 e. The van der Waals surface area contributed by atoms with E-state index in [9.17, 15) is 9.90 Å². The van der Waals surface area contributed by atoms with Gasteiger partial charge in [0.25, 0.3) is 0 Å². The van der Waals surface area contributed by atoms with Crippen molar-refractivity contribution in [3.8, 4) is 0 Å². The van der Waals surface area contributed by atoms with Crippen LogP contribution in [0.1, 0.15) is 30.0 Å². The lowest BCUT2D eigenvalue weighted by Gasteiger charge is -2.37. The summed E-state index contributed by atoms with van der Waals surface area (Å²) >= 11 is 0. The van der Waals surface area contributed by atoms with E-state index in [1.807, 2.05) is 31.2 Å². The van der Waals surface area contributed by atoms with Gasteiger partial charge in [-0.1, -0.05) is 24.3 Å². The Labute approximate surface area is 149 Å². The standard InChI is InChI=1S/C19H28N2O4/c1-14-4-2-3-5-17(14)18-19(23)20-8-9-21(18)12-15(22)13-25-16-6-10-24-11-7-16/h2-5,15-16,18,22H,6-13H2,1H3,(H,20,23). The minimum atomic E-state index is -0.611. The van der Waals surface area contributed by atoms with Crippen molar-refractivity contribution < 1.29 is 19.4 Å². The van der Waals surface area contributed by atoms with Crippen LogP contribution in [-0.4, -0.2) is 67.6 Å². The average molecular weight is 348 g/mol. The number of ether oxygens (including phenoxy) is 2. The predicted molar refractivity (Wildman–Crippen MR) is 94.3 cm³/mol. The van der Waals surface area contributed by atoms with E-state index in [0.717, 1.165) is 43.7 Å². The maximum Gasteiger partial charge on any atom is 0.242 e. The SMILES string of the molecule is Cc1ccccc1C1C(=O)NCCN1CC(O)COC1CCOCC1. The first kappa shape index (κ1) is 18.3. The number of aryl methyl sites for hydroxylation is 1. The smallest absolute Gasteiger partial charge is 0.242 e. The Morgan fingerprint density at radius 1 is 1.36 bits per heavy atom. The van der Waals surface area contributed by atoms with E-state index in [2.05, 4.69) is 10.2 Å². The molecule has 2 aliphatic rings. The van der Waals surface area contributed by atoms with Crippen molar-refractivity contribution in [1.82, 2.24) is 10.2 Å². The third-order valence-electron chi connectivity index (χ3n) is 4.93. The summed E-state index contributed by atoms with van der Waals surface area (Å²) in [6.07, 6.45) is 1.32. The van der Waals surface area contributed by atoms with Gasteiger partial charge in [-0.05, 0) is 30.9 Å². The molecule has 6 heteroatoms. The highest BCUT2D eigenvalue weighted by Gasteiger charge is 2.33. The highest BCUT2D eigenvalue weighted by molar-refractivity contribution is 5.84. The van der Waals surface area contributed by atoms with E-state index >= 15 is 0 Å². The molecule has 25 heavy (non-hydrogen) atoms. The normalized spacial score (nSPS) is 24.1. The molecule has 0 radical (unpaired) electrons. The molecular formula is C19H28N2O4. The molecule has 2 atom stereocenters. The van der Waals surface area contributed by atoms with E-state index < -0.39 is 6.10 Å². The molecule has 3 rings (SSSR count). The molecule has 2 unspecified atom stereocenters. The molecular weight excluding hydrogens is 320 g/mol. The zero-order valence-corrected chi connectivity index (χ0v) is 14.8. The number of rotatable bonds is 6. The van der Waals surface area contributed by atoms with Crippen LogP contribution in [0.25, 0.3) is 0 Å². The van der Waals surface area contributed by atoms with Gasteiger partial charge >= 0.3 is 0 Å². The molecule has 2 fully saturated rings. The van der Waals surface area contributed by atoms with Crippen LogP contribution in [0.2, 0.25) is 0 Å². The van der Waals surface area contributed by atoms with Crippen LogP contribution >= 0.6 is 0 Å². The minimum Gasteiger partial charge on any atom is -0.389 e. The average Bonchev–Trinajstić information content (AvgIpc) is 2.62. The molecule has 0 spiro atoms. The van der Waals surface area contributed by atoms with E-state index in [4.69, 9.17) is 9.47 Å². The molecule has 1 amide bonds. The lowest BCUT2D eigenvalue weighted by atomic mass is 9.97. The molecule has 0 aliphatic carbocycles. The van der Waals surface area contributed by atoms with E-state index in [1.165, 1.54) is 0 Å². The fraction of sp³-hybridized carbons (Fsp3) is 0.632. The number of hydrogen-bond acceptors (Lipinski definition) is 5. The van der Waals surface area contributed by atoms with Crippen LogP contribution < -0.4 is 5.32 Å². The summed E-state index contributed by atoms with van der Waals surface area (Å²) in [6, 6.07) is 7.57. The van der Waals surface area contributed by atoms with Crippen molar-refractivity contribution in [2.24, 2.45) is 0 Å². The van der Waals surface area contributed by atoms with Gasteiger partial charge in [-0.15, -0.1) is 0 Å². The van der Waals surface area contributed by atoms with Gasteiger partial charge in [-0.3, -0.25) is 9.69 Å². The molecule has 1 aromatic carbocycles. The second kappa shape index (κ2) is 8.76. The molecule has 0 aromatic heterocycles. The molecule has 2 aliphatic heterocycles. The maximum atomic E-state index is 12.5. The molecule has 2 heterocycles. The van der Waals surface area contributed by atoms with Gasteiger partial charge < -0.3 is 19.9 Å². The summed E-state index contributed by atoms with van der Waals surface area (Å²) in [5, 5.41) is 13.4. The summed E-state index contributed by atoms with van der Waals surface area (Å²) in [5.41, 5.74) is 2.08. The Balaban J connectivity index is 1.60. The van der Waals surface area contributed by atoms with Gasteiger partial charge in [0.05, 0.1) is 18.8 Å². The van der Waals surface area contributed by atoms with Gasteiger partial charge in [0.2, 0.25) is 5.91 Å². The minimum absolute atomic E-state index is 0.00176. The first-order chi connectivity index (χ1) is 12.1. The van der Waals surface area contributed by atoms with Crippen LogP contribution in [-0.2, 0) is 14.3 Å². The highest BCUT2D eigenvalue weighted by Crippen LogP contribution is 2.26. The van der Waals surface area contributed by atoms with Crippen molar-refractivity contribution in [3.05, 3.63) is 35.4 Å². The quantitative estimate of drug-likeness (QED) is 0.803. The number of hydrogen-bond donors (Lipinski definition) is 2. The predicted octanol–water partition coefficient (Wildman–Crippen LogP) is 1.02. The molecule has 0 bridgehead atoms. The van der Waals surface area contributed by atoms with Crippen LogP contribution in [0.5, 0.6) is 0 Å². The van der Waals surface area contributed by atoms with Crippen molar-refractivity contribution in [3.63, 3.8) is 0 Å². The topological polar surface area (TPSA) is 71.0 Å². The Morgan fingerprint density at radius 2 is 2.12 bits per heavy atom. The van der Waals surface area contributed by atoms with E-state index in [0.29, 0.717) is 19.7 Å². The first-order valence-corrected chi connectivity index (χ1v) is 9.10. The number of carbonyl (C=O) groups is 1. The van der Waals surface area contributed by atoms with Crippen LogP contribution in [0.15, 0.2) is 24.3 Å². The van der Waals surface area contributed by atoms with Crippen LogP contribution in [0.3, 0.4) is 0 Å². The molecule has 0 saturated carbocycles. The Bertz CT molecular complexity index is 574. The molecule has 6 nitrogen and oxygen atoms in total. The zero-order valence-electron chi connectivity index (χ0n) is 14.8. The third-order valence-corrected chi connectivity index (χ3v) is 4.93. The number of piperazine rings is 1. The second-order valence-electron chi connectivity index (χ2n) is 6.84. The Hall–Kier alpha value is -1.47. The van der Waals surface area contributed by atoms with E-state index in [1.54, 1.807) is 0 Å². The number of aliphatic hydroxyl groups excluding tert-OH is 1. The fourth-order valence-electron chi connectivity index (χ4n) is 3.56. The van der Waals surface area contributed by atoms with Gasteiger partial charge in [0.1, 0.15) is 6.04 Å². The molecule has 138 valence electrons. The molecule has 1 aromatic rings.